The van der Waals surface area contributed by atoms with Crippen LogP contribution in [0.1, 0.15) is 23.6 Å². The summed E-state index contributed by atoms with van der Waals surface area (Å²) in [5, 5.41) is 6.71. The Labute approximate surface area is 206 Å². The summed E-state index contributed by atoms with van der Waals surface area (Å²) in [5.74, 6) is 1.35. The second-order valence-corrected chi connectivity index (χ2v) is 7.99. The van der Waals surface area contributed by atoms with Gasteiger partial charge in [0, 0.05) is 37.6 Å². The van der Waals surface area contributed by atoms with Crippen LogP contribution in [-0.4, -0.2) is 45.1 Å². The minimum Gasteiger partial charge on any atom is -0.378 e. The van der Waals surface area contributed by atoms with E-state index in [4.69, 9.17) is 9.73 Å². The number of thioether (sulfide) groups is 1. The highest BCUT2D eigenvalue weighted by atomic mass is 127. The van der Waals surface area contributed by atoms with Crippen LogP contribution in [0.25, 0.3) is 0 Å². The maximum absolute atomic E-state index is 13.6. The molecule has 0 saturated carbocycles. The van der Waals surface area contributed by atoms with E-state index < -0.39 is 0 Å². The van der Waals surface area contributed by atoms with Crippen LogP contribution in [0.4, 0.5) is 10.1 Å². The van der Waals surface area contributed by atoms with Crippen molar-refractivity contribution in [1.29, 1.82) is 0 Å². The van der Waals surface area contributed by atoms with Crippen LogP contribution in [0.15, 0.2) is 47.5 Å². The molecular formula is C23H32FIN4OS. The molecule has 0 radical (unpaired) electrons. The van der Waals surface area contributed by atoms with Crippen LogP contribution in [0.5, 0.6) is 0 Å². The van der Waals surface area contributed by atoms with E-state index in [2.05, 4.69) is 46.7 Å². The standard InChI is InChI=1S/C23H31FN4OS.HI/c1-3-25-23(26-15-18-8-9-21(24)14-20(18)17-30-2)27-16-19-6-4-5-7-22(19)28-10-12-29-13-11-28;/h4-9,14H,3,10-13,15-17H2,1-2H3,(H2,25,26,27);1H. The lowest BCUT2D eigenvalue weighted by atomic mass is 10.1. The molecule has 1 aliphatic heterocycles. The molecule has 0 aromatic heterocycles. The molecule has 1 aliphatic rings. The summed E-state index contributed by atoms with van der Waals surface area (Å²) < 4.78 is 19.1. The largest absolute Gasteiger partial charge is 0.378 e. The highest BCUT2D eigenvalue weighted by molar-refractivity contribution is 14.0. The summed E-state index contributed by atoms with van der Waals surface area (Å²) in [5.41, 5.74) is 4.52. The summed E-state index contributed by atoms with van der Waals surface area (Å²) >= 11 is 1.69. The van der Waals surface area contributed by atoms with Crippen LogP contribution in [0, 0.1) is 5.82 Å². The number of hydrogen-bond acceptors (Lipinski definition) is 4. The average Bonchev–Trinajstić information content (AvgIpc) is 2.78. The van der Waals surface area contributed by atoms with E-state index in [0.717, 1.165) is 55.7 Å². The Hall–Kier alpha value is -1.52. The van der Waals surface area contributed by atoms with Gasteiger partial charge in [-0.25, -0.2) is 9.38 Å². The zero-order valence-electron chi connectivity index (χ0n) is 18.2. The number of halogens is 2. The molecule has 0 unspecified atom stereocenters. The Morgan fingerprint density at radius 2 is 1.87 bits per heavy atom. The van der Waals surface area contributed by atoms with Gasteiger partial charge in [-0.2, -0.15) is 11.8 Å². The number of hydrogen-bond donors (Lipinski definition) is 2. The predicted molar refractivity (Wildman–Crippen MR) is 140 cm³/mol. The van der Waals surface area contributed by atoms with Crippen LogP contribution < -0.4 is 15.5 Å². The van der Waals surface area contributed by atoms with Crippen molar-refractivity contribution < 1.29 is 9.13 Å². The fourth-order valence-electron chi connectivity index (χ4n) is 3.50. The average molecular weight is 559 g/mol. The zero-order valence-corrected chi connectivity index (χ0v) is 21.3. The van der Waals surface area contributed by atoms with Gasteiger partial charge in [0.2, 0.25) is 0 Å². The first-order chi connectivity index (χ1) is 14.7. The van der Waals surface area contributed by atoms with Gasteiger partial charge in [0.25, 0.3) is 0 Å². The van der Waals surface area contributed by atoms with E-state index >= 15 is 0 Å². The molecule has 0 atom stereocenters. The topological polar surface area (TPSA) is 48.9 Å². The van der Waals surface area contributed by atoms with E-state index in [1.807, 2.05) is 12.3 Å². The number of morpholine rings is 1. The molecular weight excluding hydrogens is 526 g/mol. The Morgan fingerprint density at radius 3 is 2.61 bits per heavy atom. The quantitative estimate of drug-likeness (QED) is 0.286. The summed E-state index contributed by atoms with van der Waals surface area (Å²) in [6, 6.07) is 13.4. The SMILES string of the molecule is CCNC(=NCc1ccccc1N1CCOCC1)NCc1ccc(F)cc1CSC.I. The Kier molecular flexibility index (Phi) is 11.5. The van der Waals surface area contributed by atoms with Gasteiger partial charge in [-0.3, -0.25) is 0 Å². The minimum atomic E-state index is -0.192. The van der Waals surface area contributed by atoms with Crippen molar-refractivity contribution in [3.8, 4) is 0 Å². The minimum absolute atomic E-state index is 0. The van der Waals surface area contributed by atoms with Crippen molar-refractivity contribution in [3.05, 3.63) is 65.0 Å². The lowest BCUT2D eigenvalue weighted by Crippen LogP contribution is -2.37. The molecule has 0 spiro atoms. The molecule has 0 bridgehead atoms. The first kappa shape index (κ1) is 25.7. The maximum Gasteiger partial charge on any atom is 0.191 e. The van der Waals surface area contributed by atoms with Crippen molar-refractivity contribution in [2.24, 2.45) is 4.99 Å². The fraction of sp³-hybridized carbons (Fsp3) is 0.435. The van der Waals surface area contributed by atoms with Crippen molar-refractivity contribution in [2.75, 3.05) is 44.0 Å². The number of nitrogens with zero attached hydrogens (tertiary/aromatic N) is 2. The highest BCUT2D eigenvalue weighted by Gasteiger charge is 2.14. The van der Waals surface area contributed by atoms with Crippen LogP contribution in [0.3, 0.4) is 0 Å². The predicted octanol–water partition coefficient (Wildman–Crippen LogP) is 4.40. The third-order valence-electron chi connectivity index (χ3n) is 5.01. The molecule has 2 aromatic rings. The van der Waals surface area contributed by atoms with Gasteiger partial charge in [-0.05, 0) is 48.1 Å². The molecule has 31 heavy (non-hydrogen) atoms. The number of rotatable bonds is 8. The number of aliphatic imine (C=N–C) groups is 1. The Morgan fingerprint density at radius 1 is 1.10 bits per heavy atom. The maximum atomic E-state index is 13.6. The second-order valence-electron chi connectivity index (χ2n) is 7.12. The third kappa shape index (κ3) is 7.84. The number of ether oxygens (including phenoxy) is 1. The number of para-hydroxylation sites is 1. The molecule has 3 rings (SSSR count). The molecule has 0 amide bonds. The number of anilines is 1. The number of guanidine groups is 1. The molecule has 170 valence electrons. The summed E-state index contributed by atoms with van der Waals surface area (Å²) in [4.78, 5) is 7.17. The summed E-state index contributed by atoms with van der Waals surface area (Å²) in [7, 11) is 0. The smallest absolute Gasteiger partial charge is 0.191 e. The first-order valence-corrected chi connectivity index (χ1v) is 11.8. The second kappa shape index (κ2) is 13.8. The van der Waals surface area contributed by atoms with Gasteiger partial charge in [0.05, 0.1) is 19.8 Å². The van der Waals surface area contributed by atoms with Crippen molar-refractivity contribution >= 4 is 47.4 Å². The van der Waals surface area contributed by atoms with Crippen LogP contribution in [0.2, 0.25) is 0 Å². The van der Waals surface area contributed by atoms with Crippen molar-refractivity contribution in [1.82, 2.24) is 10.6 Å². The first-order valence-electron chi connectivity index (χ1n) is 10.4. The van der Waals surface area contributed by atoms with Gasteiger partial charge in [-0.1, -0.05) is 24.3 Å². The third-order valence-corrected chi connectivity index (χ3v) is 5.61. The van der Waals surface area contributed by atoms with Crippen molar-refractivity contribution in [3.63, 3.8) is 0 Å². The molecule has 1 saturated heterocycles. The highest BCUT2D eigenvalue weighted by Crippen LogP contribution is 2.22. The van der Waals surface area contributed by atoms with E-state index in [-0.39, 0.29) is 29.8 Å². The van der Waals surface area contributed by atoms with Gasteiger partial charge < -0.3 is 20.3 Å². The monoisotopic (exact) mass is 558 g/mol. The molecule has 0 aliphatic carbocycles. The fourth-order valence-corrected chi connectivity index (χ4v) is 4.08. The van der Waals surface area contributed by atoms with E-state index in [1.165, 1.54) is 17.3 Å². The molecule has 5 nitrogen and oxygen atoms in total. The molecule has 2 aromatic carbocycles. The summed E-state index contributed by atoms with van der Waals surface area (Å²) in [6.45, 7) is 7.35. The molecule has 1 fully saturated rings. The van der Waals surface area contributed by atoms with Crippen LogP contribution in [-0.2, 0) is 23.6 Å². The van der Waals surface area contributed by atoms with Crippen LogP contribution >= 0.6 is 35.7 Å². The number of nitrogens with one attached hydrogen (secondary N) is 2. The van der Waals surface area contributed by atoms with E-state index in [1.54, 1.807) is 17.8 Å². The van der Waals surface area contributed by atoms with Gasteiger partial charge in [0.1, 0.15) is 5.82 Å². The zero-order chi connectivity index (χ0) is 21.2. The van der Waals surface area contributed by atoms with E-state index in [9.17, 15) is 4.39 Å². The van der Waals surface area contributed by atoms with Crippen molar-refractivity contribution in [2.45, 2.75) is 25.8 Å². The lowest BCUT2D eigenvalue weighted by Gasteiger charge is -2.30. The molecule has 2 N–H and O–H groups in total. The lowest BCUT2D eigenvalue weighted by molar-refractivity contribution is 0.122. The molecule has 1 heterocycles. The number of benzene rings is 2. The molecule has 8 heteroatoms. The van der Waals surface area contributed by atoms with E-state index in [0.29, 0.717) is 13.1 Å². The normalized spacial score (nSPS) is 14.2. The Balaban J connectivity index is 0.00000341. The van der Waals surface area contributed by atoms with Gasteiger partial charge in [0.15, 0.2) is 5.96 Å². The Bertz CT molecular complexity index is 846. The summed E-state index contributed by atoms with van der Waals surface area (Å²) in [6.07, 6.45) is 2.03. The van der Waals surface area contributed by atoms with Gasteiger partial charge in [-0.15, -0.1) is 24.0 Å². The van der Waals surface area contributed by atoms with Gasteiger partial charge >= 0.3 is 0 Å².